The highest BCUT2D eigenvalue weighted by atomic mass is 16.5. The van der Waals surface area contributed by atoms with Crippen LogP contribution in [0.1, 0.15) is 45.4 Å². The van der Waals surface area contributed by atoms with E-state index in [4.69, 9.17) is 14.2 Å². The molecule has 0 bridgehead atoms. The summed E-state index contributed by atoms with van der Waals surface area (Å²) in [5.41, 5.74) is 0. The first-order valence-electron chi connectivity index (χ1n) is 8.82. The fourth-order valence-corrected chi connectivity index (χ4v) is 2.01. The highest BCUT2D eigenvalue weighted by Crippen LogP contribution is 1.96. The van der Waals surface area contributed by atoms with Gasteiger partial charge in [-0.25, -0.2) is 0 Å². The minimum Gasteiger partial charge on any atom is -0.379 e. The molecule has 0 rings (SSSR count). The second-order valence-corrected chi connectivity index (χ2v) is 5.61. The van der Waals surface area contributed by atoms with E-state index >= 15 is 0 Å². The van der Waals surface area contributed by atoms with Crippen LogP contribution in [0.15, 0.2) is 0 Å². The van der Waals surface area contributed by atoms with E-state index in [-0.39, 0.29) is 18.4 Å². The molecule has 2 amide bonds. The van der Waals surface area contributed by atoms with Crippen LogP contribution in [-0.4, -0.2) is 65.0 Å². The molecule has 0 aliphatic carbocycles. The van der Waals surface area contributed by atoms with Crippen molar-refractivity contribution in [2.75, 3.05) is 53.2 Å². The molecule has 0 aromatic carbocycles. The van der Waals surface area contributed by atoms with Gasteiger partial charge < -0.3 is 24.8 Å². The molecule has 0 radical (unpaired) electrons. The van der Waals surface area contributed by atoms with E-state index in [0.29, 0.717) is 19.8 Å². The van der Waals surface area contributed by atoms with Crippen molar-refractivity contribution < 1.29 is 23.8 Å². The monoisotopic (exact) mass is 346 g/mol. The molecule has 0 saturated heterocycles. The maximum Gasteiger partial charge on any atom is 0.245 e. The van der Waals surface area contributed by atoms with Crippen LogP contribution >= 0.6 is 0 Å². The van der Waals surface area contributed by atoms with Crippen molar-refractivity contribution in [1.82, 2.24) is 10.6 Å². The number of rotatable bonds is 17. The fourth-order valence-electron chi connectivity index (χ4n) is 2.01. The van der Waals surface area contributed by atoms with Crippen molar-refractivity contribution in [1.29, 1.82) is 0 Å². The summed E-state index contributed by atoms with van der Waals surface area (Å²) in [6, 6.07) is 0. The van der Waals surface area contributed by atoms with Gasteiger partial charge in [0.15, 0.2) is 0 Å². The average molecular weight is 346 g/mol. The predicted octanol–water partition coefficient (Wildman–Crippen LogP) is 1.26. The van der Waals surface area contributed by atoms with Crippen LogP contribution in [0.25, 0.3) is 0 Å². The molecule has 0 aromatic rings. The molecule has 0 heterocycles. The van der Waals surface area contributed by atoms with Gasteiger partial charge in [-0.2, -0.15) is 0 Å². The Morgan fingerprint density at radius 2 is 1.29 bits per heavy atom. The molecule has 2 N–H and O–H groups in total. The van der Waals surface area contributed by atoms with Gasteiger partial charge in [0.1, 0.15) is 6.61 Å². The zero-order valence-corrected chi connectivity index (χ0v) is 15.2. The number of unbranched alkanes of at least 4 members (excludes halogenated alkanes) is 4. The Morgan fingerprint density at radius 3 is 1.79 bits per heavy atom. The standard InChI is InChI=1S/C17H34N2O5/c1-16(20)18-9-5-3-7-11-23-13-14-24-12-8-4-6-10-19-17(21)15-22-2/h3-15H2,1-2H3,(H,18,20)(H,19,21). The van der Waals surface area contributed by atoms with Crippen molar-refractivity contribution >= 4 is 11.8 Å². The number of hydrogen-bond acceptors (Lipinski definition) is 5. The van der Waals surface area contributed by atoms with Gasteiger partial charge in [0, 0.05) is 40.3 Å². The fraction of sp³-hybridized carbons (Fsp3) is 0.882. The molecule has 0 unspecified atom stereocenters. The number of nitrogens with one attached hydrogen (secondary N) is 2. The minimum atomic E-state index is -0.0685. The average Bonchev–Trinajstić information content (AvgIpc) is 2.54. The third-order valence-electron chi connectivity index (χ3n) is 3.27. The molecule has 0 aliphatic heterocycles. The van der Waals surface area contributed by atoms with Gasteiger partial charge in [-0.3, -0.25) is 9.59 Å². The number of carbonyl (C=O) groups is 2. The van der Waals surface area contributed by atoms with Crippen LogP contribution in [0.5, 0.6) is 0 Å². The zero-order valence-electron chi connectivity index (χ0n) is 15.2. The van der Waals surface area contributed by atoms with E-state index in [1.807, 2.05) is 0 Å². The molecular weight excluding hydrogens is 312 g/mol. The number of ether oxygens (including phenoxy) is 3. The SMILES string of the molecule is COCC(=O)NCCCCCOCCOCCCCCNC(C)=O. The van der Waals surface area contributed by atoms with Gasteiger partial charge in [0.2, 0.25) is 11.8 Å². The Hall–Kier alpha value is -1.18. The van der Waals surface area contributed by atoms with Gasteiger partial charge in [-0.1, -0.05) is 0 Å². The Morgan fingerprint density at radius 1 is 0.750 bits per heavy atom. The summed E-state index contributed by atoms with van der Waals surface area (Å²) >= 11 is 0. The van der Waals surface area contributed by atoms with E-state index in [0.717, 1.165) is 58.3 Å². The summed E-state index contributed by atoms with van der Waals surface area (Å²) in [7, 11) is 1.51. The van der Waals surface area contributed by atoms with Crippen molar-refractivity contribution in [3.05, 3.63) is 0 Å². The van der Waals surface area contributed by atoms with E-state index in [9.17, 15) is 9.59 Å². The molecule has 0 aromatic heterocycles. The molecule has 0 aliphatic rings. The molecular formula is C17H34N2O5. The van der Waals surface area contributed by atoms with Gasteiger partial charge >= 0.3 is 0 Å². The van der Waals surface area contributed by atoms with Crippen LogP contribution < -0.4 is 10.6 Å². The molecule has 24 heavy (non-hydrogen) atoms. The van der Waals surface area contributed by atoms with Crippen LogP contribution in [-0.2, 0) is 23.8 Å². The summed E-state index contributed by atoms with van der Waals surface area (Å²) in [4.78, 5) is 21.8. The second-order valence-electron chi connectivity index (χ2n) is 5.61. The lowest BCUT2D eigenvalue weighted by atomic mass is 10.2. The summed E-state index contributed by atoms with van der Waals surface area (Å²) in [6.07, 6.45) is 6.03. The van der Waals surface area contributed by atoms with Crippen molar-refractivity contribution in [3.8, 4) is 0 Å². The third-order valence-corrected chi connectivity index (χ3v) is 3.27. The molecule has 7 nitrogen and oxygen atoms in total. The minimum absolute atomic E-state index is 0.0271. The van der Waals surface area contributed by atoms with Gasteiger partial charge in [0.25, 0.3) is 0 Å². The van der Waals surface area contributed by atoms with E-state index in [1.165, 1.54) is 14.0 Å². The normalized spacial score (nSPS) is 10.6. The van der Waals surface area contributed by atoms with Crippen molar-refractivity contribution in [3.63, 3.8) is 0 Å². The van der Waals surface area contributed by atoms with E-state index in [1.54, 1.807) is 0 Å². The zero-order chi connectivity index (χ0) is 17.9. The van der Waals surface area contributed by atoms with Crippen LogP contribution in [0.2, 0.25) is 0 Å². The number of methoxy groups -OCH3 is 1. The molecule has 142 valence electrons. The smallest absolute Gasteiger partial charge is 0.245 e. The molecule has 0 atom stereocenters. The predicted molar refractivity (Wildman–Crippen MR) is 92.9 cm³/mol. The molecule has 0 fully saturated rings. The Labute approximate surface area is 145 Å². The Kier molecular flexibility index (Phi) is 17.3. The lowest BCUT2D eigenvalue weighted by Gasteiger charge is -2.07. The molecule has 0 spiro atoms. The summed E-state index contributed by atoms with van der Waals surface area (Å²) < 4.78 is 15.7. The van der Waals surface area contributed by atoms with Crippen molar-refractivity contribution in [2.45, 2.75) is 45.4 Å². The van der Waals surface area contributed by atoms with E-state index in [2.05, 4.69) is 10.6 Å². The first kappa shape index (κ1) is 22.8. The Bertz CT molecular complexity index is 313. The topological polar surface area (TPSA) is 85.9 Å². The molecule has 7 heteroatoms. The summed E-state index contributed by atoms with van der Waals surface area (Å²) in [6.45, 7) is 5.80. The largest absolute Gasteiger partial charge is 0.379 e. The third kappa shape index (κ3) is 18.9. The summed E-state index contributed by atoms with van der Waals surface area (Å²) in [5.74, 6) is -0.0414. The van der Waals surface area contributed by atoms with Crippen LogP contribution in [0.4, 0.5) is 0 Å². The highest BCUT2D eigenvalue weighted by molar-refractivity contribution is 5.77. The van der Waals surface area contributed by atoms with Crippen molar-refractivity contribution in [2.24, 2.45) is 0 Å². The quantitative estimate of drug-likeness (QED) is 0.387. The maximum absolute atomic E-state index is 11.1. The first-order chi connectivity index (χ1) is 11.7. The first-order valence-corrected chi connectivity index (χ1v) is 8.82. The highest BCUT2D eigenvalue weighted by Gasteiger charge is 1.98. The van der Waals surface area contributed by atoms with Crippen LogP contribution in [0, 0.1) is 0 Å². The lowest BCUT2D eigenvalue weighted by molar-refractivity contribution is -0.124. The maximum atomic E-state index is 11.1. The second kappa shape index (κ2) is 18.2. The number of hydrogen-bond donors (Lipinski definition) is 2. The van der Waals surface area contributed by atoms with Crippen LogP contribution in [0.3, 0.4) is 0 Å². The van der Waals surface area contributed by atoms with Gasteiger partial charge in [0.05, 0.1) is 13.2 Å². The lowest BCUT2D eigenvalue weighted by Crippen LogP contribution is -2.27. The van der Waals surface area contributed by atoms with E-state index < -0.39 is 0 Å². The Balaban J connectivity index is 3.05. The number of carbonyl (C=O) groups excluding carboxylic acids is 2. The summed E-state index contributed by atoms with van der Waals surface area (Å²) in [5, 5.41) is 5.56. The van der Waals surface area contributed by atoms with Gasteiger partial charge in [-0.05, 0) is 38.5 Å². The number of amides is 2. The van der Waals surface area contributed by atoms with Gasteiger partial charge in [-0.15, -0.1) is 0 Å². The molecule has 0 saturated carbocycles.